The molecule has 0 radical (unpaired) electrons. The van der Waals surface area contributed by atoms with Gasteiger partial charge in [-0.25, -0.2) is 4.79 Å². The summed E-state index contributed by atoms with van der Waals surface area (Å²) in [5, 5.41) is 0. The minimum atomic E-state index is -0.650. The van der Waals surface area contributed by atoms with Gasteiger partial charge in [0, 0.05) is 18.8 Å². The average molecular weight is 260 g/mol. The summed E-state index contributed by atoms with van der Waals surface area (Å²) in [5.74, 6) is -0.104. The number of ether oxygens (including phenoxy) is 2. The van der Waals surface area contributed by atoms with Crippen LogP contribution in [0.5, 0.6) is 0 Å². The summed E-state index contributed by atoms with van der Waals surface area (Å²) in [6.07, 6.45) is 1.62. The Morgan fingerprint density at radius 2 is 1.89 bits per heavy atom. The smallest absolute Gasteiger partial charge is 0.342 e. The second-order valence-corrected chi connectivity index (χ2v) is 5.13. The first-order valence-electron chi connectivity index (χ1n) is 6.66. The largest absolute Gasteiger partial charge is 0.433 e. The van der Waals surface area contributed by atoms with Crippen LogP contribution >= 0.6 is 0 Å². The first-order chi connectivity index (χ1) is 9.24. The highest BCUT2D eigenvalue weighted by Crippen LogP contribution is 2.35. The number of cyclic esters (lactones) is 1. The predicted octanol–water partition coefficient (Wildman–Crippen LogP) is 2.39. The molecule has 1 aromatic rings. The van der Waals surface area contributed by atoms with E-state index in [-0.39, 0.29) is 17.7 Å². The van der Waals surface area contributed by atoms with Gasteiger partial charge in [0.05, 0.1) is 0 Å². The topological polar surface area (TPSA) is 52.6 Å². The van der Waals surface area contributed by atoms with E-state index in [9.17, 15) is 9.59 Å². The van der Waals surface area contributed by atoms with E-state index in [2.05, 4.69) is 0 Å². The second-order valence-electron chi connectivity index (χ2n) is 5.13. The van der Waals surface area contributed by atoms with E-state index in [0.29, 0.717) is 12.8 Å². The van der Waals surface area contributed by atoms with Crippen LogP contribution in [-0.2, 0) is 19.1 Å². The Hall–Kier alpha value is -1.68. The Morgan fingerprint density at radius 3 is 2.63 bits per heavy atom. The van der Waals surface area contributed by atoms with Gasteiger partial charge in [0.25, 0.3) is 0 Å². The summed E-state index contributed by atoms with van der Waals surface area (Å²) in [6.45, 7) is 0. The van der Waals surface area contributed by atoms with Gasteiger partial charge < -0.3 is 9.47 Å². The van der Waals surface area contributed by atoms with Gasteiger partial charge >= 0.3 is 5.97 Å². The molecule has 1 aliphatic carbocycles. The van der Waals surface area contributed by atoms with E-state index >= 15 is 0 Å². The van der Waals surface area contributed by atoms with Crippen molar-refractivity contribution in [3.05, 3.63) is 35.9 Å². The molecule has 4 heteroatoms. The Kier molecular flexibility index (Phi) is 3.34. The highest BCUT2D eigenvalue weighted by atomic mass is 16.8. The molecule has 100 valence electrons. The maximum absolute atomic E-state index is 11.9. The Bertz CT molecular complexity index is 482. The Labute approximate surface area is 111 Å². The molecule has 0 bridgehead atoms. The minimum Gasteiger partial charge on any atom is -0.433 e. The predicted molar refractivity (Wildman–Crippen MR) is 67.1 cm³/mol. The quantitative estimate of drug-likeness (QED) is 0.766. The third kappa shape index (κ3) is 2.54. The van der Waals surface area contributed by atoms with Crippen LogP contribution < -0.4 is 0 Å². The summed E-state index contributed by atoms with van der Waals surface area (Å²) in [7, 11) is 0. The van der Waals surface area contributed by atoms with E-state index in [0.717, 1.165) is 18.4 Å². The molecule has 1 aliphatic heterocycles. The van der Waals surface area contributed by atoms with Gasteiger partial charge in [-0.3, -0.25) is 4.79 Å². The molecule has 3 unspecified atom stereocenters. The second kappa shape index (κ2) is 5.13. The highest BCUT2D eigenvalue weighted by Gasteiger charge is 2.41. The number of carbonyl (C=O) groups excluding carboxylic acids is 2. The van der Waals surface area contributed by atoms with Crippen LogP contribution in [0.25, 0.3) is 0 Å². The first-order valence-corrected chi connectivity index (χ1v) is 6.66. The molecule has 0 aromatic heterocycles. The number of carbonyl (C=O) groups is 2. The molecule has 19 heavy (non-hydrogen) atoms. The average Bonchev–Trinajstić information content (AvgIpc) is 2.82. The maximum atomic E-state index is 11.9. The zero-order valence-electron chi connectivity index (χ0n) is 10.6. The number of benzene rings is 1. The molecule has 2 fully saturated rings. The number of hydrogen-bond donors (Lipinski definition) is 0. The third-order valence-corrected chi connectivity index (χ3v) is 3.72. The number of ketones is 1. The van der Waals surface area contributed by atoms with Crippen molar-refractivity contribution in [2.24, 2.45) is 5.92 Å². The molecule has 2 aliphatic rings. The SMILES string of the molecule is O=C1CCCC(C2OC(=O)C(c3ccccc3)O2)C1. The van der Waals surface area contributed by atoms with Crippen LogP contribution in [-0.4, -0.2) is 18.0 Å². The molecule has 1 saturated carbocycles. The first kappa shape index (κ1) is 12.4. The van der Waals surface area contributed by atoms with Gasteiger partial charge in [-0.15, -0.1) is 0 Å². The number of Topliss-reactive ketones (excluding diaryl/α,β-unsaturated/α-hetero) is 1. The molecular formula is C15H16O4. The van der Waals surface area contributed by atoms with E-state index in [1.165, 1.54) is 0 Å². The van der Waals surface area contributed by atoms with Gasteiger partial charge in [0.2, 0.25) is 6.29 Å². The third-order valence-electron chi connectivity index (χ3n) is 3.72. The molecule has 0 spiro atoms. The molecule has 3 atom stereocenters. The molecule has 1 heterocycles. The molecule has 1 aromatic carbocycles. The lowest BCUT2D eigenvalue weighted by Gasteiger charge is -2.24. The van der Waals surface area contributed by atoms with Gasteiger partial charge in [-0.05, 0) is 18.4 Å². The zero-order chi connectivity index (χ0) is 13.2. The normalized spacial score (nSPS) is 31.3. The minimum absolute atomic E-state index is 0.0129. The van der Waals surface area contributed by atoms with Crippen molar-refractivity contribution in [1.82, 2.24) is 0 Å². The Morgan fingerprint density at radius 1 is 1.11 bits per heavy atom. The molecule has 0 amide bonds. The number of hydrogen-bond acceptors (Lipinski definition) is 4. The summed E-state index contributed by atoms with van der Waals surface area (Å²) in [6, 6.07) is 9.31. The van der Waals surface area contributed by atoms with Crippen LogP contribution in [0.15, 0.2) is 30.3 Å². The van der Waals surface area contributed by atoms with E-state index < -0.39 is 12.4 Å². The van der Waals surface area contributed by atoms with Crippen molar-refractivity contribution < 1.29 is 19.1 Å². The van der Waals surface area contributed by atoms with Crippen LogP contribution in [0, 0.1) is 5.92 Å². The number of rotatable bonds is 2. The fourth-order valence-electron chi connectivity index (χ4n) is 2.73. The lowest BCUT2D eigenvalue weighted by Crippen LogP contribution is -2.27. The van der Waals surface area contributed by atoms with Crippen molar-refractivity contribution in [3.63, 3.8) is 0 Å². The molecule has 4 nitrogen and oxygen atoms in total. The molecular weight excluding hydrogens is 244 g/mol. The fourth-order valence-corrected chi connectivity index (χ4v) is 2.73. The van der Waals surface area contributed by atoms with Gasteiger partial charge in [-0.1, -0.05) is 30.3 Å². The van der Waals surface area contributed by atoms with Crippen molar-refractivity contribution >= 4 is 11.8 Å². The van der Waals surface area contributed by atoms with E-state index in [4.69, 9.17) is 9.47 Å². The van der Waals surface area contributed by atoms with E-state index in [1.807, 2.05) is 30.3 Å². The molecule has 0 N–H and O–H groups in total. The summed E-state index contributed by atoms with van der Waals surface area (Å²) in [5.41, 5.74) is 0.803. The maximum Gasteiger partial charge on any atom is 0.342 e. The standard InChI is InChI=1S/C15H16O4/c16-12-8-4-7-11(9-12)15-18-13(14(17)19-15)10-5-2-1-3-6-10/h1-3,5-6,11,13,15H,4,7-9H2. The van der Waals surface area contributed by atoms with Crippen LogP contribution in [0.3, 0.4) is 0 Å². The van der Waals surface area contributed by atoms with Gasteiger partial charge in [0.1, 0.15) is 5.78 Å². The van der Waals surface area contributed by atoms with Crippen LogP contribution in [0.1, 0.15) is 37.4 Å². The van der Waals surface area contributed by atoms with Crippen molar-refractivity contribution in [2.75, 3.05) is 0 Å². The lowest BCUT2D eigenvalue weighted by molar-refractivity contribution is -0.151. The lowest BCUT2D eigenvalue weighted by atomic mass is 9.88. The summed E-state index contributed by atoms with van der Waals surface area (Å²) in [4.78, 5) is 23.3. The van der Waals surface area contributed by atoms with Crippen LogP contribution in [0.2, 0.25) is 0 Å². The highest BCUT2D eigenvalue weighted by molar-refractivity contribution is 5.80. The van der Waals surface area contributed by atoms with Gasteiger partial charge in [-0.2, -0.15) is 0 Å². The van der Waals surface area contributed by atoms with Gasteiger partial charge in [0.15, 0.2) is 6.10 Å². The Balaban J connectivity index is 1.71. The monoisotopic (exact) mass is 260 g/mol. The van der Waals surface area contributed by atoms with Crippen LogP contribution in [0.4, 0.5) is 0 Å². The van der Waals surface area contributed by atoms with Crippen molar-refractivity contribution in [1.29, 1.82) is 0 Å². The fraction of sp³-hybridized carbons (Fsp3) is 0.467. The zero-order valence-corrected chi connectivity index (χ0v) is 10.6. The molecule has 3 rings (SSSR count). The van der Waals surface area contributed by atoms with Crippen molar-refractivity contribution in [2.45, 2.75) is 38.1 Å². The molecule has 1 saturated heterocycles. The summed E-state index contributed by atoms with van der Waals surface area (Å²) < 4.78 is 11.0. The van der Waals surface area contributed by atoms with E-state index in [1.54, 1.807) is 0 Å². The summed E-state index contributed by atoms with van der Waals surface area (Å²) >= 11 is 0. The number of esters is 1. The van der Waals surface area contributed by atoms with Crippen molar-refractivity contribution in [3.8, 4) is 0 Å².